The third-order valence-corrected chi connectivity index (χ3v) is 0. The van der Waals surface area contributed by atoms with Crippen LogP contribution < -0.4 is 0 Å². The molecule has 0 aromatic rings. The Morgan fingerprint density at radius 3 is 0.750 bits per heavy atom. The molecule has 0 spiro atoms. The van der Waals surface area contributed by atoms with Crippen LogP contribution in [0.4, 0.5) is 0 Å². The molecule has 0 heterocycles. The second-order valence-electron chi connectivity index (χ2n) is 0.289. The Balaban J connectivity index is -0.00000000933. The first-order valence-electron chi connectivity index (χ1n) is 1.63. The summed E-state index contributed by atoms with van der Waals surface area (Å²) in [5.74, 6) is 0. The Morgan fingerprint density at radius 2 is 0.750 bits per heavy atom. The minimum Gasteiger partial charge on any atom is -0.103 e. The van der Waals surface area contributed by atoms with Gasteiger partial charge in [0.1, 0.15) is 0 Å². The molecule has 0 amide bonds. The Bertz CT molecular complexity index is 87.6. The van der Waals surface area contributed by atoms with Crippen molar-refractivity contribution in [3.63, 3.8) is 0 Å². The topological polar surface area (TPSA) is 79.6 Å². The van der Waals surface area contributed by atoms with E-state index < -0.39 is 0 Å². The van der Waals surface area contributed by atoms with Crippen LogP contribution in [0.3, 0.4) is 0 Å². The van der Waals surface area contributed by atoms with E-state index in [4.69, 9.17) is 18.6 Å². The first kappa shape index (κ1) is 43.0. The molecular weight excluding hydrogens is 204 g/mol. The summed E-state index contributed by atoms with van der Waals surface area (Å²) in [4.78, 5) is 0. The minimum absolute atomic E-state index is 0. The third-order valence-electron chi connectivity index (χ3n) is 0. The van der Waals surface area contributed by atoms with Gasteiger partial charge in [0.25, 0.3) is 0 Å². The summed E-state index contributed by atoms with van der Waals surface area (Å²) in [6, 6.07) is 0. The molecule has 65 valence electrons. The number of rotatable bonds is 0. The van der Waals surface area contributed by atoms with Gasteiger partial charge in [0.2, 0.25) is 0 Å². The van der Waals surface area contributed by atoms with Gasteiger partial charge in [-0.2, -0.15) is 0 Å². The van der Waals surface area contributed by atoms with Gasteiger partial charge < -0.3 is 0 Å². The average Bonchev–Trinajstić information content (AvgIpc) is 2.18. The molecule has 0 aliphatic rings. The Labute approximate surface area is 82.4 Å². The van der Waals surface area contributed by atoms with Crippen molar-refractivity contribution in [1.82, 2.24) is 0 Å². The van der Waals surface area contributed by atoms with Crippen molar-refractivity contribution in [3.8, 4) is 0 Å². The van der Waals surface area contributed by atoms with Crippen molar-refractivity contribution in [3.05, 3.63) is 46.2 Å². The van der Waals surface area contributed by atoms with Crippen LogP contribution in [0.1, 0.15) is 0 Å². The first-order valence-corrected chi connectivity index (χ1v) is 1.63. The van der Waals surface area contributed by atoms with Crippen LogP contribution in [-0.2, 0) is 35.7 Å². The van der Waals surface area contributed by atoms with E-state index in [0.29, 0.717) is 0 Å². The van der Waals surface area contributed by atoms with Crippen molar-refractivity contribution < 1.29 is 35.7 Å². The summed E-state index contributed by atoms with van der Waals surface area (Å²) < 4.78 is 30.0. The number of hydrogen-bond donors (Lipinski definition) is 0. The molecule has 0 aromatic carbocycles. The van der Waals surface area contributed by atoms with Crippen molar-refractivity contribution in [2.45, 2.75) is 0 Å². The molecule has 0 saturated heterocycles. The first-order chi connectivity index (χ1) is 5.41. The van der Waals surface area contributed by atoms with Gasteiger partial charge in [-0.05, 0) is 6.92 Å². The molecule has 1 radical (unpaired) electrons. The molecule has 0 aliphatic heterocycles. The summed E-state index contributed by atoms with van der Waals surface area (Å²) in [6.45, 7) is 24.5. The molecule has 0 fully saturated rings. The van der Waals surface area contributed by atoms with E-state index in [1.807, 2.05) is 0 Å². The fourth-order valence-electron chi connectivity index (χ4n) is 0. The van der Waals surface area contributed by atoms with Crippen LogP contribution in [0.15, 0.2) is 12.7 Å². The van der Waals surface area contributed by atoms with Gasteiger partial charge in [0.15, 0.2) is 0 Å². The zero-order valence-electron chi connectivity index (χ0n) is 5.98. The van der Waals surface area contributed by atoms with E-state index in [1.54, 1.807) is 0 Å². The maximum absolute atomic E-state index is 7.50. The summed E-state index contributed by atoms with van der Waals surface area (Å²) in [5, 5.41) is 0. The van der Waals surface area contributed by atoms with Crippen LogP contribution in [0.2, 0.25) is 0 Å². The fourth-order valence-corrected chi connectivity index (χ4v) is 0. The van der Waals surface area contributed by atoms with Gasteiger partial charge in [-0.1, -0.05) is 6.08 Å². The third kappa shape index (κ3) is 1020. The van der Waals surface area contributed by atoms with Crippen molar-refractivity contribution in [1.29, 1.82) is 0 Å². The fraction of sp³-hybridized carbons (Fsp3) is 0. The largest absolute Gasteiger partial charge is 0.103 e. The van der Waals surface area contributed by atoms with Crippen LogP contribution >= 0.6 is 0 Å². The van der Waals surface area contributed by atoms with Crippen LogP contribution in [-0.4, -0.2) is 0 Å². The van der Waals surface area contributed by atoms with Gasteiger partial charge >= 0.3 is 45.2 Å². The van der Waals surface area contributed by atoms with E-state index in [0.717, 1.165) is 0 Å². The van der Waals surface area contributed by atoms with E-state index in [1.165, 1.54) is 6.08 Å². The van der Waals surface area contributed by atoms with E-state index in [-0.39, 0.29) is 17.1 Å². The summed E-state index contributed by atoms with van der Waals surface area (Å²) in [6.07, 6.45) is 1.50. The van der Waals surface area contributed by atoms with Gasteiger partial charge in [0.05, 0.1) is 0 Å². The quantitative estimate of drug-likeness (QED) is 0.322. The Morgan fingerprint density at radius 1 is 0.750 bits per heavy atom. The zero-order chi connectivity index (χ0) is 10.7. The summed E-state index contributed by atoms with van der Waals surface area (Å²) >= 11 is 0. The Kier molecular flexibility index (Phi) is 64600. The average molecular weight is 209 g/mol. The molecular formula is C7H5FeO4. The zero-order valence-corrected chi connectivity index (χ0v) is 7.08. The standard InChI is InChI=1S/C3H5.4CO.Fe/c1-3-2;4*1-2;/h3H,1-2H2;;;;;. The molecule has 0 aliphatic carbocycles. The molecule has 5 heteroatoms. The van der Waals surface area contributed by atoms with Crippen LogP contribution in [0.25, 0.3) is 0 Å². The molecule has 0 unspecified atom stereocenters. The predicted octanol–water partition coefficient (Wildman–Crippen LogP) is 0.854. The summed E-state index contributed by atoms with van der Waals surface area (Å²) in [7, 11) is 0. The van der Waals surface area contributed by atoms with E-state index in [2.05, 4.69) is 40.1 Å². The normalized spacial score (nSPS) is 1.75. The molecule has 0 bridgehead atoms. The molecule has 0 rings (SSSR count). The van der Waals surface area contributed by atoms with Gasteiger partial charge in [-0.3, -0.25) is 0 Å². The smallest absolute Gasteiger partial charge is 0 e. The van der Waals surface area contributed by atoms with Gasteiger partial charge in [-0.15, -0.1) is 6.58 Å². The van der Waals surface area contributed by atoms with Crippen molar-refractivity contribution in [2.24, 2.45) is 0 Å². The summed E-state index contributed by atoms with van der Waals surface area (Å²) in [5.41, 5.74) is 0. The second kappa shape index (κ2) is 18000. The van der Waals surface area contributed by atoms with Gasteiger partial charge in [0, 0.05) is 17.1 Å². The maximum atomic E-state index is 7.50. The van der Waals surface area contributed by atoms with Crippen molar-refractivity contribution >= 4 is 0 Å². The monoisotopic (exact) mass is 209 g/mol. The van der Waals surface area contributed by atoms with E-state index in [9.17, 15) is 0 Å². The molecule has 0 atom stereocenters. The van der Waals surface area contributed by atoms with Crippen LogP contribution in [0.5, 0.6) is 0 Å². The maximum Gasteiger partial charge on any atom is 0 e. The molecule has 0 saturated carbocycles. The van der Waals surface area contributed by atoms with Gasteiger partial charge in [-0.25, -0.2) is 0 Å². The predicted molar refractivity (Wildman–Crippen MR) is 31.3 cm³/mol. The second-order valence-corrected chi connectivity index (χ2v) is 0.289. The Hall–Kier alpha value is -0.781. The molecule has 0 aromatic heterocycles. The number of allylic oxidation sites excluding steroid dienone is 1. The molecule has 4 nitrogen and oxygen atoms in total. The van der Waals surface area contributed by atoms with Crippen LogP contribution in [0, 0.1) is 33.5 Å². The van der Waals surface area contributed by atoms with Crippen molar-refractivity contribution in [2.75, 3.05) is 0 Å². The number of hydrogen-bond acceptors (Lipinski definition) is 0. The molecule has 0 N–H and O–H groups in total. The molecule has 12 heavy (non-hydrogen) atoms. The SMILES string of the molecule is [C-]#[O+].[C-]#[O+].[C-]#[O+].[C-]#[O+].[CH2]C=C.[Fe]. The minimum atomic E-state index is 0. The van der Waals surface area contributed by atoms with E-state index >= 15 is 0 Å².